The first kappa shape index (κ1) is 13.9. The third-order valence-corrected chi connectivity index (χ3v) is 4.03. The Balaban J connectivity index is 2.56. The van der Waals surface area contributed by atoms with Crippen LogP contribution >= 0.6 is 46.4 Å². The second-order valence-corrected chi connectivity index (χ2v) is 5.05. The van der Waals surface area contributed by atoms with E-state index in [-0.39, 0.29) is 16.8 Å². The number of pyridine rings is 1. The van der Waals surface area contributed by atoms with Gasteiger partial charge in [0.2, 0.25) is 0 Å². The minimum atomic E-state index is -0.165. The first-order valence-corrected chi connectivity index (χ1v) is 6.46. The van der Waals surface area contributed by atoms with Crippen molar-refractivity contribution in [3.63, 3.8) is 0 Å². The molecule has 0 aliphatic rings. The van der Waals surface area contributed by atoms with Gasteiger partial charge in [0.15, 0.2) is 0 Å². The zero-order valence-electron chi connectivity index (χ0n) is 8.92. The van der Waals surface area contributed by atoms with Gasteiger partial charge in [-0.1, -0.05) is 52.5 Å². The molecule has 0 aliphatic carbocycles. The van der Waals surface area contributed by atoms with Crippen molar-refractivity contribution in [1.82, 2.24) is 4.98 Å². The van der Waals surface area contributed by atoms with Crippen LogP contribution in [0.4, 0.5) is 0 Å². The van der Waals surface area contributed by atoms with E-state index in [2.05, 4.69) is 4.98 Å². The number of halogens is 4. The van der Waals surface area contributed by atoms with Crippen LogP contribution in [-0.4, -0.2) is 10.1 Å². The predicted octanol–water partition coefficient (Wildman–Crippen LogP) is 4.85. The third-order valence-electron chi connectivity index (χ3n) is 2.41. The lowest BCUT2D eigenvalue weighted by atomic mass is 10.1. The predicted molar refractivity (Wildman–Crippen MR) is 75.6 cm³/mol. The van der Waals surface area contributed by atoms with E-state index in [4.69, 9.17) is 51.5 Å². The molecular formula is C12H7Cl4NO. The number of hydrogen-bond donors (Lipinski definition) is 1. The highest BCUT2D eigenvalue weighted by molar-refractivity contribution is 6.49. The fourth-order valence-electron chi connectivity index (χ4n) is 1.45. The van der Waals surface area contributed by atoms with Gasteiger partial charge in [-0.25, -0.2) is 4.98 Å². The molecule has 0 atom stereocenters. The Labute approximate surface area is 124 Å². The van der Waals surface area contributed by atoms with Crippen molar-refractivity contribution in [1.29, 1.82) is 0 Å². The lowest BCUT2D eigenvalue weighted by Gasteiger charge is -2.08. The van der Waals surface area contributed by atoms with Gasteiger partial charge in [-0.2, -0.15) is 0 Å². The second-order valence-electron chi connectivity index (χ2n) is 3.53. The van der Waals surface area contributed by atoms with E-state index in [0.717, 1.165) is 0 Å². The maximum absolute atomic E-state index is 9.03. The number of nitrogens with zero attached hydrogens (tertiary/aromatic N) is 1. The minimum Gasteiger partial charge on any atom is -0.392 e. The molecule has 1 N–H and O–H groups in total. The molecule has 0 saturated heterocycles. The molecule has 1 aromatic heterocycles. The number of hydrogen-bond acceptors (Lipinski definition) is 2. The number of rotatable bonds is 2. The summed E-state index contributed by atoms with van der Waals surface area (Å²) in [7, 11) is 0. The molecule has 0 amide bonds. The molecule has 0 unspecified atom stereocenters. The van der Waals surface area contributed by atoms with Crippen LogP contribution in [0.5, 0.6) is 0 Å². The maximum atomic E-state index is 9.03. The SMILES string of the molecule is OCc1ccc(-c2ccc(Cl)c(Cl)c2Cl)nc1Cl. The maximum Gasteiger partial charge on any atom is 0.135 e. The zero-order valence-corrected chi connectivity index (χ0v) is 11.9. The van der Waals surface area contributed by atoms with Gasteiger partial charge in [-0.15, -0.1) is 0 Å². The topological polar surface area (TPSA) is 33.1 Å². The van der Waals surface area contributed by atoms with Gasteiger partial charge in [0.25, 0.3) is 0 Å². The summed E-state index contributed by atoms with van der Waals surface area (Å²) in [4.78, 5) is 4.17. The summed E-state index contributed by atoms with van der Waals surface area (Å²) in [6.07, 6.45) is 0. The Hall–Kier alpha value is -0.510. The van der Waals surface area contributed by atoms with Crippen LogP contribution in [0.25, 0.3) is 11.3 Å². The van der Waals surface area contributed by atoms with Crippen molar-refractivity contribution >= 4 is 46.4 Å². The number of aliphatic hydroxyl groups is 1. The van der Waals surface area contributed by atoms with E-state index in [1.165, 1.54) is 0 Å². The number of aromatic nitrogens is 1. The first-order chi connectivity index (χ1) is 8.54. The Kier molecular flexibility index (Phi) is 4.36. The van der Waals surface area contributed by atoms with Gasteiger partial charge in [-0.05, 0) is 18.2 Å². The van der Waals surface area contributed by atoms with Crippen LogP contribution in [0.3, 0.4) is 0 Å². The van der Waals surface area contributed by atoms with Crippen LogP contribution in [0, 0.1) is 0 Å². The summed E-state index contributed by atoms with van der Waals surface area (Å²) in [6.45, 7) is -0.165. The summed E-state index contributed by atoms with van der Waals surface area (Å²) in [5.74, 6) is 0. The molecule has 0 aliphatic heterocycles. The monoisotopic (exact) mass is 321 g/mol. The molecule has 6 heteroatoms. The van der Waals surface area contributed by atoms with Crippen molar-refractivity contribution in [2.45, 2.75) is 6.61 Å². The van der Waals surface area contributed by atoms with Gasteiger partial charge in [0.1, 0.15) is 5.15 Å². The van der Waals surface area contributed by atoms with Crippen molar-refractivity contribution < 1.29 is 5.11 Å². The molecule has 1 aromatic carbocycles. The van der Waals surface area contributed by atoms with E-state index in [0.29, 0.717) is 26.9 Å². The fraction of sp³-hybridized carbons (Fsp3) is 0.0833. The van der Waals surface area contributed by atoms with E-state index in [9.17, 15) is 0 Å². The average Bonchev–Trinajstić information content (AvgIpc) is 2.36. The highest BCUT2D eigenvalue weighted by Gasteiger charge is 2.12. The van der Waals surface area contributed by atoms with E-state index >= 15 is 0 Å². The van der Waals surface area contributed by atoms with Crippen molar-refractivity contribution in [3.8, 4) is 11.3 Å². The summed E-state index contributed by atoms with van der Waals surface area (Å²) in [5.41, 5.74) is 1.76. The second kappa shape index (κ2) is 5.64. The molecule has 18 heavy (non-hydrogen) atoms. The van der Waals surface area contributed by atoms with Gasteiger partial charge in [0.05, 0.1) is 27.4 Å². The molecule has 1 heterocycles. The Bertz CT molecular complexity index is 601. The molecule has 0 spiro atoms. The van der Waals surface area contributed by atoms with Gasteiger partial charge >= 0.3 is 0 Å². The average molecular weight is 323 g/mol. The summed E-state index contributed by atoms with van der Waals surface area (Å²) < 4.78 is 0. The third kappa shape index (κ3) is 2.58. The molecule has 2 aromatic rings. The Morgan fingerprint density at radius 2 is 1.67 bits per heavy atom. The quantitative estimate of drug-likeness (QED) is 0.633. The molecule has 2 nitrogen and oxygen atoms in total. The minimum absolute atomic E-state index is 0.165. The Morgan fingerprint density at radius 1 is 0.944 bits per heavy atom. The lowest BCUT2D eigenvalue weighted by Crippen LogP contribution is -1.92. The normalized spacial score (nSPS) is 10.7. The van der Waals surface area contributed by atoms with Gasteiger partial charge in [-0.3, -0.25) is 0 Å². The number of aliphatic hydroxyl groups excluding tert-OH is 1. The van der Waals surface area contributed by atoms with Gasteiger partial charge in [0, 0.05) is 11.1 Å². The smallest absolute Gasteiger partial charge is 0.135 e. The van der Waals surface area contributed by atoms with E-state index in [1.807, 2.05) is 0 Å². The molecule has 0 saturated carbocycles. The van der Waals surface area contributed by atoms with Crippen molar-refractivity contribution in [3.05, 3.63) is 50.0 Å². The van der Waals surface area contributed by atoms with Crippen LogP contribution in [0.1, 0.15) is 5.56 Å². The van der Waals surface area contributed by atoms with E-state index in [1.54, 1.807) is 24.3 Å². The van der Waals surface area contributed by atoms with Crippen LogP contribution < -0.4 is 0 Å². The first-order valence-electron chi connectivity index (χ1n) is 4.94. The standard InChI is InChI=1S/C12H7Cl4NO/c13-8-3-2-7(10(14)11(8)15)9-4-1-6(5-18)12(16)17-9/h1-4,18H,5H2. The van der Waals surface area contributed by atoms with Crippen LogP contribution in [-0.2, 0) is 6.61 Å². The molecule has 2 rings (SSSR count). The summed E-state index contributed by atoms with van der Waals surface area (Å²) in [5, 5.41) is 10.2. The highest BCUT2D eigenvalue weighted by atomic mass is 35.5. The summed E-state index contributed by atoms with van der Waals surface area (Å²) in [6, 6.07) is 6.75. The van der Waals surface area contributed by atoms with Gasteiger partial charge < -0.3 is 5.11 Å². The zero-order chi connectivity index (χ0) is 13.3. The molecule has 0 fully saturated rings. The Morgan fingerprint density at radius 3 is 2.28 bits per heavy atom. The van der Waals surface area contributed by atoms with Crippen molar-refractivity contribution in [2.75, 3.05) is 0 Å². The molecule has 94 valence electrons. The lowest BCUT2D eigenvalue weighted by molar-refractivity contribution is 0.281. The van der Waals surface area contributed by atoms with E-state index < -0.39 is 0 Å². The highest BCUT2D eigenvalue weighted by Crippen LogP contribution is 2.37. The van der Waals surface area contributed by atoms with Crippen LogP contribution in [0.2, 0.25) is 20.2 Å². The van der Waals surface area contributed by atoms with Crippen molar-refractivity contribution in [2.24, 2.45) is 0 Å². The van der Waals surface area contributed by atoms with Crippen LogP contribution in [0.15, 0.2) is 24.3 Å². The fourth-order valence-corrected chi connectivity index (χ4v) is 2.30. The summed E-state index contributed by atoms with van der Waals surface area (Å²) >= 11 is 23.9. The molecule has 0 bridgehead atoms. The molecular weight excluding hydrogens is 316 g/mol. The number of benzene rings is 1. The molecule has 0 radical (unpaired) electrons. The largest absolute Gasteiger partial charge is 0.392 e.